The molecule has 0 bridgehead atoms. The Hall–Kier alpha value is -1.33. The summed E-state index contributed by atoms with van der Waals surface area (Å²) in [4.78, 5) is 14.9. The third-order valence-corrected chi connectivity index (χ3v) is 5.19. The Morgan fingerprint density at radius 2 is 2.25 bits per heavy atom. The molecule has 1 atom stereocenters. The number of rotatable bonds is 2. The number of carboxylic acid groups (broad SMARTS) is 1. The van der Waals surface area contributed by atoms with Crippen LogP contribution in [0.3, 0.4) is 0 Å². The zero-order valence-electron chi connectivity index (χ0n) is 11.0. The highest BCUT2D eigenvalue weighted by atomic mass is 79.9. The largest absolute Gasteiger partial charge is 0.478 e. The van der Waals surface area contributed by atoms with E-state index in [9.17, 15) is 9.90 Å². The Morgan fingerprint density at radius 1 is 1.45 bits per heavy atom. The summed E-state index contributed by atoms with van der Waals surface area (Å²) in [5.41, 5.74) is 2.64. The average molecular weight is 352 g/mol. The fraction of sp³-hybridized carbons (Fsp3) is 0.267. The fourth-order valence-electron chi connectivity index (χ4n) is 2.73. The van der Waals surface area contributed by atoms with E-state index in [2.05, 4.69) is 39.2 Å². The van der Waals surface area contributed by atoms with Gasteiger partial charge in [-0.1, -0.05) is 15.9 Å². The molecule has 1 N–H and O–H groups in total. The molecule has 1 aromatic heterocycles. The van der Waals surface area contributed by atoms with Crippen LogP contribution in [0.15, 0.2) is 34.1 Å². The molecule has 0 saturated carbocycles. The smallest absolute Gasteiger partial charge is 0.335 e. The van der Waals surface area contributed by atoms with Crippen LogP contribution in [-0.2, 0) is 6.42 Å². The van der Waals surface area contributed by atoms with Gasteiger partial charge in [-0.2, -0.15) is 0 Å². The molecule has 3 nitrogen and oxygen atoms in total. The number of nitrogens with zero attached hydrogens (tertiary/aromatic N) is 1. The fourth-order valence-corrected chi connectivity index (χ4v) is 4.17. The first-order valence-electron chi connectivity index (χ1n) is 6.43. The number of thiophene rings is 1. The van der Waals surface area contributed by atoms with Gasteiger partial charge in [0.1, 0.15) is 0 Å². The molecule has 1 aromatic carbocycles. The van der Waals surface area contributed by atoms with Gasteiger partial charge in [0.15, 0.2) is 0 Å². The van der Waals surface area contributed by atoms with Gasteiger partial charge in [-0.3, -0.25) is 0 Å². The summed E-state index contributed by atoms with van der Waals surface area (Å²) in [5.74, 6) is -0.895. The van der Waals surface area contributed by atoms with Crippen LogP contribution in [0.1, 0.15) is 33.8 Å². The van der Waals surface area contributed by atoms with E-state index in [1.807, 2.05) is 17.4 Å². The van der Waals surface area contributed by atoms with Crippen molar-refractivity contribution in [2.24, 2.45) is 0 Å². The quantitative estimate of drug-likeness (QED) is 0.875. The van der Waals surface area contributed by atoms with Crippen molar-refractivity contribution >= 4 is 38.9 Å². The van der Waals surface area contributed by atoms with E-state index in [4.69, 9.17) is 0 Å². The summed E-state index contributed by atoms with van der Waals surface area (Å²) in [5, 5.41) is 11.3. The second-order valence-corrected chi connectivity index (χ2v) is 6.84. The van der Waals surface area contributed by atoms with E-state index in [1.54, 1.807) is 12.1 Å². The van der Waals surface area contributed by atoms with Crippen molar-refractivity contribution in [2.45, 2.75) is 19.4 Å². The van der Waals surface area contributed by atoms with Gasteiger partial charge >= 0.3 is 5.97 Å². The molecule has 0 amide bonds. The Kier molecular flexibility index (Phi) is 3.56. The van der Waals surface area contributed by atoms with E-state index in [0.29, 0.717) is 5.56 Å². The average Bonchev–Trinajstić information content (AvgIpc) is 2.87. The van der Waals surface area contributed by atoms with Crippen molar-refractivity contribution in [1.82, 2.24) is 0 Å². The molecular weight excluding hydrogens is 338 g/mol. The van der Waals surface area contributed by atoms with Crippen molar-refractivity contribution in [3.8, 4) is 0 Å². The molecule has 0 aliphatic carbocycles. The number of halogens is 1. The van der Waals surface area contributed by atoms with Gasteiger partial charge in [0.05, 0.1) is 11.6 Å². The first-order chi connectivity index (χ1) is 9.56. The van der Waals surface area contributed by atoms with Crippen LogP contribution in [-0.4, -0.2) is 17.6 Å². The molecule has 104 valence electrons. The number of carbonyl (C=O) groups is 1. The van der Waals surface area contributed by atoms with E-state index in [-0.39, 0.29) is 6.04 Å². The topological polar surface area (TPSA) is 40.5 Å². The molecule has 0 fully saturated rings. The van der Waals surface area contributed by atoms with Gasteiger partial charge in [0.2, 0.25) is 0 Å². The molecule has 1 unspecified atom stereocenters. The lowest BCUT2D eigenvalue weighted by molar-refractivity contribution is 0.0697. The van der Waals surface area contributed by atoms with Crippen molar-refractivity contribution in [2.75, 3.05) is 11.4 Å². The van der Waals surface area contributed by atoms with Gasteiger partial charge < -0.3 is 10.0 Å². The molecule has 20 heavy (non-hydrogen) atoms. The van der Waals surface area contributed by atoms with Crippen LogP contribution in [0, 0.1) is 0 Å². The van der Waals surface area contributed by atoms with E-state index in [1.165, 1.54) is 10.4 Å². The minimum atomic E-state index is -0.895. The zero-order valence-corrected chi connectivity index (χ0v) is 13.4. The standard InChI is InChI=1S/C15H14BrNO2S/c1-9-13-3-5-20-14(13)2-4-17(9)12-7-10(15(18)19)6-11(16)8-12/h3,5-9H,2,4H2,1H3,(H,18,19). The van der Waals surface area contributed by atoms with Gasteiger partial charge in [0.25, 0.3) is 0 Å². The molecule has 3 rings (SSSR count). The van der Waals surface area contributed by atoms with Crippen molar-refractivity contribution in [3.63, 3.8) is 0 Å². The maximum absolute atomic E-state index is 11.2. The maximum Gasteiger partial charge on any atom is 0.335 e. The van der Waals surface area contributed by atoms with Crippen molar-refractivity contribution in [1.29, 1.82) is 0 Å². The Balaban J connectivity index is 2.00. The van der Waals surface area contributed by atoms with Crippen molar-refractivity contribution < 1.29 is 9.90 Å². The highest BCUT2D eigenvalue weighted by Crippen LogP contribution is 2.37. The lowest BCUT2D eigenvalue weighted by Gasteiger charge is -2.35. The summed E-state index contributed by atoms with van der Waals surface area (Å²) in [6.45, 7) is 3.09. The van der Waals surface area contributed by atoms with Gasteiger partial charge in [-0.25, -0.2) is 4.79 Å². The molecule has 0 radical (unpaired) electrons. The molecule has 5 heteroatoms. The summed E-state index contributed by atoms with van der Waals surface area (Å²) in [6, 6.07) is 7.82. The van der Waals surface area contributed by atoms with Crippen molar-refractivity contribution in [3.05, 3.63) is 50.1 Å². The number of fused-ring (bicyclic) bond motifs is 1. The van der Waals surface area contributed by atoms with Crippen LogP contribution >= 0.6 is 27.3 Å². The van der Waals surface area contributed by atoms with Gasteiger partial charge in [0, 0.05) is 21.6 Å². The molecule has 1 aliphatic rings. The lowest BCUT2D eigenvalue weighted by atomic mass is 10.0. The first kappa shape index (κ1) is 13.6. The molecule has 0 spiro atoms. The minimum Gasteiger partial charge on any atom is -0.478 e. The van der Waals surface area contributed by atoms with Crippen LogP contribution < -0.4 is 4.90 Å². The lowest BCUT2D eigenvalue weighted by Crippen LogP contribution is -2.33. The Bertz CT molecular complexity index is 668. The zero-order chi connectivity index (χ0) is 14.3. The number of anilines is 1. The Morgan fingerprint density at radius 3 is 3.00 bits per heavy atom. The van der Waals surface area contributed by atoms with Crippen LogP contribution in [0.2, 0.25) is 0 Å². The van der Waals surface area contributed by atoms with E-state index < -0.39 is 5.97 Å². The summed E-state index contributed by atoms with van der Waals surface area (Å²) < 4.78 is 0.802. The van der Waals surface area contributed by atoms with E-state index in [0.717, 1.165) is 23.1 Å². The van der Waals surface area contributed by atoms with E-state index >= 15 is 0 Å². The summed E-state index contributed by atoms with van der Waals surface area (Å²) in [6.07, 6.45) is 1.02. The number of aromatic carboxylic acids is 1. The predicted octanol–water partition coefficient (Wildman–Crippen LogP) is 4.33. The van der Waals surface area contributed by atoms with Crippen LogP contribution in [0.4, 0.5) is 5.69 Å². The molecule has 1 aliphatic heterocycles. The minimum absolute atomic E-state index is 0.279. The SMILES string of the molecule is CC1c2ccsc2CCN1c1cc(Br)cc(C(=O)O)c1. The number of carboxylic acids is 1. The highest BCUT2D eigenvalue weighted by molar-refractivity contribution is 9.10. The third kappa shape index (κ3) is 2.36. The third-order valence-electron chi connectivity index (χ3n) is 3.74. The summed E-state index contributed by atoms with van der Waals surface area (Å²) >= 11 is 5.21. The summed E-state index contributed by atoms with van der Waals surface area (Å²) in [7, 11) is 0. The monoisotopic (exact) mass is 351 g/mol. The van der Waals surface area contributed by atoms with Crippen LogP contribution in [0.5, 0.6) is 0 Å². The highest BCUT2D eigenvalue weighted by Gasteiger charge is 2.25. The molecular formula is C15H14BrNO2S. The molecule has 2 heterocycles. The number of benzene rings is 1. The maximum atomic E-state index is 11.2. The second kappa shape index (κ2) is 5.22. The number of hydrogen-bond donors (Lipinski definition) is 1. The normalized spacial score (nSPS) is 17.9. The molecule has 0 saturated heterocycles. The predicted molar refractivity (Wildman–Crippen MR) is 84.9 cm³/mol. The van der Waals surface area contributed by atoms with Crippen LogP contribution in [0.25, 0.3) is 0 Å². The van der Waals surface area contributed by atoms with Gasteiger partial charge in [-0.05, 0) is 48.6 Å². The molecule has 2 aromatic rings. The number of hydrogen-bond acceptors (Lipinski definition) is 3. The Labute approximate surface area is 130 Å². The first-order valence-corrected chi connectivity index (χ1v) is 8.10. The second-order valence-electron chi connectivity index (χ2n) is 4.92. The van der Waals surface area contributed by atoms with Gasteiger partial charge in [-0.15, -0.1) is 11.3 Å².